The number of likely N-dealkylation sites (N-methyl/N-ethyl adjacent to an activating group) is 1. The lowest BCUT2D eigenvalue weighted by Crippen LogP contribution is -2.23. The Morgan fingerprint density at radius 3 is 2.67 bits per heavy atom. The predicted octanol–water partition coefficient (Wildman–Crippen LogP) is 2.33. The van der Waals surface area contributed by atoms with Crippen molar-refractivity contribution in [3.05, 3.63) is 35.7 Å². The highest BCUT2D eigenvalue weighted by Gasteiger charge is 2.13. The number of nitrogens with zero attached hydrogens (tertiary/aromatic N) is 1. The van der Waals surface area contributed by atoms with Gasteiger partial charge in [0.15, 0.2) is 0 Å². The number of ether oxygens (including phenoxy) is 2. The maximum atomic E-state index is 11.5. The summed E-state index contributed by atoms with van der Waals surface area (Å²) in [5, 5.41) is 2.92. The smallest absolute Gasteiger partial charge is 0.411 e. The van der Waals surface area contributed by atoms with E-state index in [4.69, 9.17) is 21.1 Å². The van der Waals surface area contributed by atoms with Crippen molar-refractivity contribution in [2.24, 2.45) is 0 Å². The number of esters is 1. The Morgan fingerprint density at radius 1 is 1.33 bits per heavy atom. The molecule has 0 aliphatic heterocycles. The Kier molecular flexibility index (Phi) is 6.98. The molecule has 21 heavy (non-hydrogen) atoms. The Hall–Kier alpha value is -1.79. The van der Waals surface area contributed by atoms with Crippen LogP contribution in [0.2, 0.25) is 5.02 Å². The molecule has 0 bridgehead atoms. The third-order valence-corrected chi connectivity index (χ3v) is 2.77. The summed E-state index contributed by atoms with van der Waals surface area (Å²) in [6.07, 6.45) is -0.645. The van der Waals surface area contributed by atoms with Gasteiger partial charge in [0.2, 0.25) is 0 Å². The number of hydrogen-bond acceptors (Lipinski definition) is 5. The number of benzene rings is 1. The van der Waals surface area contributed by atoms with Gasteiger partial charge in [0, 0.05) is 10.6 Å². The van der Waals surface area contributed by atoms with Crippen LogP contribution in [0, 0.1) is 6.92 Å². The maximum Gasteiger partial charge on any atom is 0.411 e. The van der Waals surface area contributed by atoms with Crippen molar-refractivity contribution in [2.75, 3.05) is 32.6 Å². The van der Waals surface area contributed by atoms with Crippen LogP contribution in [0.5, 0.6) is 0 Å². The van der Waals surface area contributed by atoms with Crippen LogP contribution in [0.15, 0.2) is 18.2 Å². The highest BCUT2D eigenvalue weighted by molar-refractivity contribution is 6.31. The first-order valence-corrected chi connectivity index (χ1v) is 6.62. The minimum Gasteiger partial charge on any atom is -0.460 e. The number of nitrogens with one attached hydrogen (secondary N) is 1. The van der Waals surface area contributed by atoms with E-state index in [0.29, 0.717) is 16.3 Å². The van der Waals surface area contributed by atoms with Crippen molar-refractivity contribution in [3.8, 4) is 0 Å². The lowest BCUT2D eigenvalue weighted by molar-refractivity contribution is -0.145. The van der Waals surface area contributed by atoms with Gasteiger partial charge in [-0.05, 0) is 33.2 Å². The van der Waals surface area contributed by atoms with E-state index in [0.717, 1.165) is 0 Å². The minimum absolute atomic E-state index is 0.0134. The van der Waals surface area contributed by atoms with Crippen LogP contribution in [0.1, 0.15) is 5.56 Å². The molecule has 115 valence electrons. The third kappa shape index (κ3) is 6.01. The predicted molar refractivity (Wildman–Crippen MR) is 80.1 cm³/mol. The average molecular weight is 314 g/mol. The second-order valence-corrected chi connectivity index (χ2v) is 4.83. The molecule has 0 saturated heterocycles. The van der Waals surface area contributed by atoms with Crippen LogP contribution in [-0.2, 0) is 20.9 Å². The van der Waals surface area contributed by atoms with Crippen LogP contribution in [-0.4, -0.2) is 44.2 Å². The van der Waals surface area contributed by atoms with Crippen molar-refractivity contribution in [3.63, 3.8) is 0 Å². The van der Waals surface area contributed by atoms with Gasteiger partial charge < -0.3 is 9.47 Å². The van der Waals surface area contributed by atoms with Gasteiger partial charge in [0.1, 0.15) is 6.61 Å². The Balaban J connectivity index is 2.76. The fourth-order valence-electron chi connectivity index (χ4n) is 1.52. The van der Waals surface area contributed by atoms with Crippen molar-refractivity contribution in [1.82, 2.24) is 4.90 Å². The zero-order chi connectivity index (χ0) is 15.8. The molecule has 1 radical (unpaired) electrons. The Bertz CT molecular complexity index is 506. The van der Waals surface area contributed by atoms with Gasteiger partial charge in [0.05, 0.1) is 18.8 Å². The first-order valence-electron chi connectivity index (χ1n) is 6.24. The average Bonchev–Trinajstić information content (AvgIpc) is 2.37. The molecule has 1 aromatic rings. The quantitative estimate of drug-likeness (QED) is 0.816. The molecule has 0 heterocycles. The molecular formula is C14H18ClN2O4. The normalized spacial score (nSPS) is 10.3. The number of carbonyl (C=O) groups is 2. The first-order chi connectivity index (χ1) is 9.93. The zero-order valence-electron chi connectivity index (χ0n) is 12.0. The second-order valence-electron chi connectivity index (χ2n) is 4.43. The van der Waals surface area contributed by atoms with Gasteiger partial charge in [-0.3, -0.25) is 15.0 Å². The molecule has 0 saturated carbocycles. The summed E-state index contributed by atoms with van der Waals surface area (Å²) in [5.41, 5.74) is 0.936. The van der Waals surface area contributed by atoms with Gasteiger partial charge >= 0.3 is 12.1 Å². The number of amides is 1. The monoisotopic (exact) mass is 313 g/mol. The van der Waals surface area contributed by atoms with Crippen LogP contribution in [0.3, 0.4) is 0 Å². The lowest BCUT2D eigenvalue weighted by atomic mass is 10.2. The molecule has 0 aliphatic rings. The Morgan fingerprint density at radius 2 is 2.05 bits per heavy atom. The van der Waals surface area contributed by atoms with Gasteiger partial charge in [-0.25, -0.2) is 4.79 Å². The number of carbonyl (C=O) groups excluding carboxylic acids is 2. The highest BCUT2D eigenvalue weighted by Crippen LogP contribution is 2.25. The molecular weight excluding hydrogens is 296 g/mol. The molecule has 1 aromatic carbocycles. The molecule has 1 N–H and O–H groups in total. The van der Waals surface area contributed by atoms with Gasteiger partial charge in [-0.2, -0.15) is 0 Å². The summed E-state index contributed by atoms with van der Waals surface area (Å²) < 4.78 is 9.83. The van der Waals surface area contributed by atoms with E-state index in [2.05, 4.69) is 12.2 Å². The summed E-state index contributed by atoms with van der Waals surface area (Å²) in [6.45, 7) is 3.55. The van der Waals surface area contributed by atoms with Gasteiger partial charge in [0.25, 0.3) is 0 Å². The van der Waals surface area contributed by atoms with E-state index >= 15 is 0 Å². The van der Waals surface area contributed by atoms with E-state index in [9.17, 15) is 9.59 Å². The van der Waals surface area contributed by atoms with Crippen molar-refractivity contribution in [2.45, 2.75) is 6.61 Å². The number of rotatable bonds is 6. The van der Waals surface area contributed by atoms with Gasteiger partial charge in [-0.15, -0.1) is 0 Å². The molecule has 0 atom stereocenters. The van der Waals surface area contributed by atoms with Crippen LogP contribution in [0.25, 0.3) is 0 Å². The van der Waals surface area contributed by atoms with E-state index in [-0.39, 0.29) is 25.7 Å². The second kappa shape index (κ2) is 8.49. The molecule has 0 spiro atoms. The van der Waals surface area contributed by atoms with Crippen molar-refractivity contribution < 1.29 is 19.1 Å². The first kappa shape index (κ1) is 17.3. The molecule has 0 aliphatic carbocycles. The highest BCUT2D eigenvalue weighted by atomic mass is 35.5. The number of halogens is 1. The molecule has 0 aromatic heterocycles. The van der Waals surface area contributed by atoms with Crippen LogP contribution < -0.4 is 5.32 Å². The van der Waals surface area contributed by atoms with Gasteiger partial charge in [-0.1, -0.05) is 17.7 Å². The summed E-state index contributed by atoms with van der Waals surface area (Å²) in [7, 11) is 3.52. The topological polar surface area (TPSA) is 67.9 Å². The van der Waals surface area contributed by atoms with Crippen molar-refractivity contribution >= 4 is 29.4 Å². The van der Waals surface area contributed by atoms with Crippen molar-refractivity contribution in [1.29, 1.82) is 0 Å². The molecule has 7 heteroatoms. The SMILES string of the molecule is [CH2]COC(=O)Nc1cccc(Cl)c1COC(=O)CN(C)C. The van der Waals surface area contributed by atoms with E-state index in [1.165, 1.54) is 0 Å². The summed E-state index contributed by atoms with van der Waals surface area (Å²) in [5.74, 6) is -0.383. The zero-order valence-corrected chi connectivity index (χ0v) is 12.8. The summed E-state index contributed by atoms with van der Waals surface area (Å²) >= 11 is 6.07. The Labute approximate surface area is 129 Å². The standard InChI is InChI=1S/C14H18ClN2O4/c1-4-20-14(19)16-12-7-5-6-11(15)10(12)9-21-13(18)8-17(2)3/h5-7H,1,4,8-9H2,2-3H3,(H,16,19). The molecule has 6 nitrogen and oxygen atoms in total. The van der Waals surface area contributed by atoms with E-state index in [1.54, 1.807) is 37.2 Å². The summed E-state index contributed by atoms with van der Waals surface area (Å²) in [6, 6.07) is 4.97. The largest absolute Gasteiger partial charge is 0.460 e. The summed E-state index contributed by atoms with van der Waals surface area (Å²) in [4.78, 5) is 24.7. The fourth-order valence-corrected chi connectivity index (χ4v) is 1.75. The van der Waals surface area contributed by atoms with Crippen LogP contribution >= 0.6 is 11.6 Å². The van der Waals surface area contributed by atoms with Crippen LogP contribution in [0.4, 0.5) is 10.5 Å². The third-order valence-electron chi connectivity index (χ3n) is 2.41. The molecule has 1 amide bonds. The van der Waals surface area contributed by atoms with E-state index in [1.807, 2.05) is 0 Å². The van der Waals surface area contributed by atoms with E-state index < -0.39 is 6.09 Å². The minimum atomic E-state index is -0.645. The molecule has 1 rings (SSSR count). The fraction of sp³-hybridized carbons (Fsp3) is 0.357. The molecule has 0 unspecified atom stereocenters. The number of hydrogen-bond donors (Lipinski definition) is 1. The maximum absolute atomic E-state index is 11.5. The molecule has 0 fully saturated rings. The number of anilines is 1. The lowest BCUT2D eigenvalue weighted by Gasteiger charge is -2.14.